The van der Waals surface area contributed by atoms with Crippen LogP contribution in [0, 0.1) is 6.92 Å². The summed E-state index contributed by atoms with van der Waals surface area (Å²) in [6, 6.07) is 4.06. The van der Waals surface area contributed by atoms with Gasteiger partial charge in [-0.3, -0.25) is 0 Å². The van der Waals surface area contributed by atoms with E-state index in [4.69, 9.17) is 25.8 Å². The quantitative estimate of drug-likeness (QED) is 0.742. The van der Waals surface area contributed by atoms with E-state index in [2.05, 4.69) is 6.92 Å². The van der Waals surface area contributed by atoms with Gasteiger partial charge in [0.15, 0.2) is 11.5 Å². The van der Waals surface area contributed by atoms with Gasteiger partial charge in [0.1, 0.15) is 0 Å². The first kappa shape index (κ1) is 10.2. The monoisotopic (exact) mass is 240 g/mol. The number of aryl methyl sites for hydroxylation is 1. The Morgan fingerprint density at radius 3 is 2.50 bits per heavy atom. The summed E-state index contributed by atoms with van der Waals surface area (Å²) in [5.41, 5.74) is 2.37. The molecule has 86 valence electrons. The van der Waals surface area contributed by atoms with Crippen LogP contribution in [0.1, 0.15) is 11.1 Å². The number of fused-ring (bicyclic) bond motifs is 1. The van der Waals surface area contributed by atoms with Crippen LogP contribution in [-0.4, -0.2) is 25.9 Å². The van der Waals surface area contributed by atoms with E-state index in [1.807, 2.05) is 12.1 Å². The van der Waals surface area contributed by atoms with Crippen molar-refractivity contribution in [3.63, 3.8) is 0 Å². The van der Waals surface area contributed by atoms with Crippen LogP contribution in [0.15, 0.2) is 12.1 Å². The summed E-state index contributed by atoms with van der Waals surface area (Å²) in [5, 5.41) is 0. The van der Waals surface area contributed by atoms with E-state index in [0.29, 0.717) is 25.9 Å². The van der Waals surface area contributed by atoms with Gasteiger partial charge in [-0.2, -0.15) is 0 Å². The van der Waals surface area contributed by atoms with Crippen molar-refractivity contribution < 1.29 is 14.2 Å². The predicted molar refractivity (Wildman–Crippen MR) is 60.5 cm³/mol. The highest BCUT2D eigenvalue weighted by Crippen LogP contribution is 2.42. The average molecular weight is 241 g/mol. The Bertz CT molecular complexity index is 421. The summed E-state index contributed by atoms with van der Waals surface area (Å²) in [5.74, 6) is 2.22. The first-order chi connectivity index (χ1) is 7.75. The minimum absolute atomic E-state index is 0.0351. The molecule has 0 bridgehead atoms. The molecule has 0 spiro atoms. The number of benzene rings is 1. The van der Waals surface area contributed by atoms with Crippen molar-refractivity contribution in [1.29, 1.82) is 0 Å². The van der Waals surface area contributed by atoms with Gasteiger partial charge in [0.25, 0.3) is 0 Å². The molecule has 1 saturated heterocycles. The summed E-state index contributed by atoms with van der Waals surface area (Å²) in [6.45, 7) is 3.76. The normalized spacial score (nSPS) is 20.6. The van der Waals surface area contributed by atoms with Crippen molar-refractivity contribution in [2.75, 3.05) is 25.9 Å². The van der Waals surface area contributed by atoms with Gasteiger partial charge in [0, 0.05) is 5.88 Å². The van der Waals surface area contributed by atoms with E-state index in [-0.39, 0.29) is 5.41 Å². The molecule has 0 aromatic heterocycles. The average Bonchev–Trinajstić information content (AvgIpc) is 2.64. The van der Waals surface area contributed by atoms with Crippen molar-refractivity contribution in [2.24, 2.45) is 0 Å². The molecule has 0 atom stereocenters. The fourth-order valence-electron chi connectivity index (χ4n) is 2.27. The number of halogens is 1. The van der Waals surface area contributed by atoms with Crippen LogP contribution >= 0.6 is 11.6 Å². The van der Waals surface area contributed by atoms with E-state index in [0.717, 1.165) is 11.5 Å². The molecule has 0 radical (unpaired) electrons. The molecule has 3 rings (SSSR count). The van der Waals surface area contributed by atoms with Crippen LogP contribution in [0.5, 0.6) is 11.5 Å². The van der Waals surface area contributed by atoms with Crippen molar-refractivity contribution in [3.8, 4) is 11.5 Å². The van der Waals surface area contributed by atoms with E-state index >= 15 is 0 Å². The lowest BCUT2D eigenvalue weighted by molar-refractivity contribution is -0.0483. The Balaban J connectivity index is 2.07. The van der Waals surface area contributed by atoms with Crippen LogP contribution in [0.25, 0.3) is 0 Å². The topological polar surface area (TPSA) is 27.7 Å². The second-order valence-electron chi connectivity index (χ2n) is 4.43. The second kappa shape index (κ2) is 3.54. The lowest BCUT2D eigenvalue weighted by Crippen LogP contribution is -2.48. The third-order valence-corrected chi connectivity index (χ3v) is 3.82. The molecular formula is C12H13ClO3. The summed E-state index contributed by atoms with van der Waals surface area (Å²) >= 11 is 6.07. The Labute approximate surface area is 99.3 Å². The second-order valence-corrected chi connectivity index (χ2v) is 4.69. The zero-order valence-corrected chi connectivity index (χ0v) is 9.84. The van der Waals surface area contributed by atoms with Gasteiger partial charge >= 0.3 is 0 Å². The zero-order chi connectivity index (χ0) is 11.2. The maximum Gasteiger partial charge on any atom is 0.231 e. The van der Waals surface area contributed by atoms with E-state index in [1.54, 1.807) is 0 Å². The molecule has 0 amide bonds. The van der Waals surface area contributed by atoms with Crippen LogP contribution in [0.4, 0.5) is 0 Å². The van der Waals surface area contributed by atoms with Crippen molar-refractivity contribution in [2.45, 2.75) is 12.3 Å². The standard InChI is InChI=1S/C12H13ClO3/c1-8-2-10-11(16-7-15-10)3-9(8)12(4-13)5-14-6-12/h2-3H,4-7H2,1H3. The van der Waals surface area contributed by atoms with Gasteiger partial charge in [-0.1, -0.05) is 0 Å². The molecule has 4 heteroatoms. The Hall–Kier alpha value is -0.930. The molecule has 0 N–H and O–H groups in total. The summed E-state index contributed by atoms with van der Waals surface area (Å²) in [6.07, 6.45) is 0. The summed E-state index contributed by atoms with van der Waals surface area (Å²) in [7, 11) is 0. The molecule has 0 saturated carbocycles. The fourth-order valence-corrected chi connectivity index (χ4v) is 2.57. The van der Waals surface area contributed by atoms with E-state index in [9.17, 15) is 0 Å². The van der Waals surface area contributed by atoms with Crippen molar-refractivity contribution in [1.82, 2.24) is 0 Å². The highest BCUT2D eigenvalue weighted by molar-refractivity contribution is 6.18. The molecule has 0 aliphatic carbocycles. The number of hydrogen-bond donors (Lipinski definition) is 0. The minimum Gasteiger partial charge on any atom is -0.454 e. The molecule has 1 aromatic carbocycles. The maximum absolute atomic E-state index is 6.07. The third kappa shape index (κ3) is 1.31. The van der Waals surface area contributed by atoms with Gasteiger partial charge in [0.05, 0.1) is 18.6 Å². The Kier molecular flexibility index (Phi) is 2.26. The smallest absolute Gasteiger partial charge is 0.231 e. The van der Waals surface area contributed by atoms with Crippen molar-refractivity contribution in [3.05, 3.63) is 23.3 Å². The van der Waals surface area contributed by atoms with Crippen molar-refractivity contribution >= 4 is 11.6 Å². The zero-order valence-electron chi connectivity index (χ0n) is 9.09. The number of ether oxygens (including phenoxy) is 3. The maximum atomic E-state index is 6.07. The largest absolute Gasteiger partial charge is 0.454 e. The van der Waals surface area contributed by atoms with Gasteiger partial charge in [-0.15, -0.1) is 11.6 Å². The van der Waals surface area contributed by atoms with Crippen LogP contribution in [0.2, 0.25) is 0 Å². The molecule has 1 aromatic rings. The van der Waals surface area contributed by atoms with Crippen LogP contribution < -0.4 is 9.47 Å². The number of hydrogen-bond acceptors (Lipinski definition) is 3. The molecule has 16 heavy (non-hydrogen) atoms. The van der Waals surface area contributed by atoms with Gasteiger partial charge in [0.2, 0.25) is 6.79 Å². The Morgan fingerprint density at radius 1 is 1.25 bits per heavy atom. The van der Waals surface area contributed by atoms with Gasteiger partial charge in [-0.25, -0.2) is 0 Å². The van der Waals surface area contributed by atoms with Crippen LogP contribution in [-0.2, 0) is 10.2 Å². The summed E-state index contributed by atoms with van der Waals surface area (Å²) in [4.78, 5) is 0. The van der Waals surface area contributed by atoms with E-state index < -0.39 is 0 Å². The highest BCUT2D eigenvalue weighted by Gasteiger charge is 2.41. The molecule has 0 unspecified atom stereocenters. The first-order valence-corrected chi connectivity index (χ1v) is 5.83. The number of rotatable bonds is 2. The molecule has 2 aliphatic heterocycles. The molecule has 2 heterocycles. The molecule has 2 aliphatic rings. The molecular weight excluding hydrogens is 228 g/mol. The predicted octanol–water partition coefficient (Wildman–Crippen LogP) is 2.23. The molecule has 1 fully saturated rings. The van der Waals surface area contributed by atoms with Gasteiger partial charge in [-0.05, 0) is 30.2 Å². The fraction of sp³-hybridized carbons (Fsp3) is 0.500. The van der Waals surface area contributed by atoms with E-state index in [1.165, 1.54) is 11.1 Å². The number of alkyl halides is 1. The highest BCUT2D eigenvalue weighted by atomic mass is 35.5. The lowest BCUT2D eigenvalue weighted by atomic mass is 9.78. The van der Waals surface area contributed by atoms with Crippen LogP contribution in [0.3, 0.4) is 0 Å². The first-order valence-electron chi connectivity index (χ1n) is 5.30. The SMILES string of the molecule is Cc1cc2c(cc1C1(CCl)COC1)OCO2. The Morgan fingerprint density at radius 2 is 1.94 bits per heavy atom. The summed E-state index contributed by atoms with van der Waals surface area (Å²) < 4.78 is 16.0. The minimum atomic E-state index is -0.0351. The lowest BCUT2D eigenvalue weighted by Gasteiger charge is -2.41. The third-order valence-electron chi connectivity index (χ3n) is 3.30. The van der Waals surface area contributed by atoms with Gasteiger partial charge < -0.3 is 14.2 Å². The molecule has 3 nitrogen and oxygen atoms in total.